The number of unbranched alkanes of at least 4 members (excludes halogenated alkanes) is 1. The molecule has 0 aromatic rings. The van der Waals surface area contributed by atoms with Gasteiger partial charge in [0.15, 0.2) is 0 Å². The molecular formula is C14H24ClNO. The molecule has 1 aliphatic carbocycles. The average molecular weight is 258 g/mol. The molecule has 17 heavy (non-hydrogen) atoms. The Kier molecular flexibility index (Phi) is 5.15. The van der Waals surface area contributed by atoms with E-state index in [4.69, 9.17) is 11.6 Å². The number of fused-ring (bicyclic) bond motifs is 1. The Labute approximate surface area is 110 Å². The highest BCUT2D eigenvalue weighted by molar-refractivity contribution is 6.17. The Morgan fingerprint density at radius 1 is 1.12 bits per heavy atom. The largest absolute Gasteiger partial charge is 0.339 e. The molecule has 2 atom stereocenters. The van der Waals surface area contributed by atoms with Crippen molar-refractivity contribution in [3.05, 3.63) is 0 Å². The number of carbonyl (C=O) groups excluding carboxylic acids is 1. The van der Waals surface area contributed by atoms with Crippen LogP contribution in [0, 0.1) is 5.92 Å². The Balaban J connectivity index is 1.87. The quantitative estimate of drug-likeness (QED) is 0.557. The first-order chi connectivity index (χ1) is 8.33. The summed E-state index contributed by atoms with van der Waals surface area (Å²) >= 11 is 5.66. The highest BCUT2D eigenvalue weighted by atomic mass is 35.5. The molecule has 1 amide bonds. The minimum Gasteiger partial charge on any atom is -0.339 e. The molecular weight excluding hydrogens is 234 g/mol. The average Bonchev–Trinajstić information content (AvgIpc) is 2.38. The van der Waals surface area contributed by atoms with E-state index in [1.54, 1.807) is 0 Å². The van der Waals surface area contributed by atoms with Gasteiger partial charge in [0.05, 0.1) is 0 Å². The number of rotatable bonds is 4. The van der Waals surface area contributed by atoms with E-state index in [-0.39, 0.29) is 0 Å². The van der Waals surface area contributed by atoms with Gasteiger partial charge in [-0.1, -0.05) is 12.8 Å². The Bertz CT molecular complexity index is 255. The minimum atomic E-state index is 0.381. The van der Waals surface area contributed by atoms with E-state index < -0.39 is 0 Å². The van der Waals surface area contributed by atoms with Crippen LogP contribution in [0.15, 0.2) is 0 Å². The van der Waals surface area contributed by atoms with Gasteiger partial charge in [0.2, 0.25) is 5.91 Å². The van der Waals surface area contributed by atoms with E-state index >= 15 is 0 Å². The predicted molar refractivity (Wildman–Crippen MR) is 71.3 cm³/mol. The molecule has 0 spiro atoms. The van der Waals surface area contributed by atoms with E-state index in [1.165, 1.54) is 38.5 Å². The number of hydrogen-bond acceptors (Lipinski definition) is 1. The van der Waals surface area contributed by atoms with Gasteiger partial charge in [0.1, 0.15) is 0 Å². The lowest BCUT2D eigenvalue weighted by Crippen LogP contribution is -2.49. The van der Waals surface area contributed by atoms with Crippen LogP contribution in [0.25, 0.3) is 0 Å². The summed E-state index contributed by atoms with van der Waals surface area (Å²) in [6.07, 6.45) is 10.4. The van der Waals surface area contributed by atoms with Gasteiger partial charge >= 0.3 is 0 Å². The molecule has 2 fully saturated rings. The molecule has 0 aromatic carbocycles. The second-order valence-electron chi connectivity index (χ2n) is 5.49. The zero-order valence-corrected chi connectivity index (χ0v) is 11.4. The summed E-state index contributed by atoms with van der Waals surface area (Å²) in [4.78, 5) is 14.4. The minimum absolute atomic E-state index is 0.381. The molecule has 98 valence electrons. The van der Waals surface area contributed by atoms with Crippen molar-refractivity contribution in [2.75, 3.05) is 12.4 Å². The van der Waals surface area contributed by atoms with Gasteiger partial charge in [-0.15, -0.1) is 11.6 Å². The number of amides is 1. The van der Waals surface area contributed by atoms with Gasteiger partial charge in [0.25, 0.3) is 0 Å². The molecule has 1 saturated heterocycles. The number of halogens is 1. The van der Waals surface area contributed by atoms with E-state index in [2.05, 4.69) is 4.90 Å². The third-order valence-corrected chi connectivity index (χ3v) is 4.61. The van der Waals surface area contributed by atoms with Gasteiger partial charge in [-0.2, -0.15) is 0 Å². The number of piperidine rings is 1. The molecule has 1 heterocycles. The molecule has 0 bridgehead atoms. The van der Waals surface area contributed by atoms with Crippen LogP contribution in [0.3, 0.4) is 0 Å². The summed E-state index contributed by atoms with van der Waals surface area (Å²) in [7, 11) is 0. The van der Waals surface area contributed by atoms with Gasteiger partial charge in [-0.25, -0.2) is 0 Å². The maximum atomic E-state index is 12.2. The highest BCUT2D eigenvalue weighted by Gasteiger charge is 2.35. The van der Waals surface area contributed by atoms with Crippen molar-refractivity contribution in [3.63, 3.8) is 0 Å². The predicted octanol–water partition coefficient (Wildman–Crippen LogP) is 3.58. The Morgan fingerprint density at radius 2 is 1.88 bits per heavy atom. The Hall–Kier alpha value is -0.240. The first-order valence-corrected chi connectivity index (χ1v) is 7.72. The van der Waals surface area contributed by atoms with Gasteiger partial charge < -0.3 is 4.90 Å². The molecule has 1 aliphatic heterocycles. The fourth-order valence-electron chi connectivity index (χ4n) is 3.45. The number of alkyl halides is 1. The second-order valence-corrected chi connectivity index (χ2v) is 5.87. The SMILES string of the molecule is O=C(CCCCCl)N1CCCC2CCCCC21. The van der Waals surface area contributed by atoms with E-state index in [1.807, 2.05) is 0 Å². The smallest absolute Gasteiger partial charge is 0.222 e. The summed E-state index contributed by atoms with van der Waals surface area (Å²) in [6, 6.07) is 0.570. The van der Waals surface area contributed by atoms with Crippen LogP contribution in [-0.2, 0) is 4.79 Å². The topological polar surface area (TPSA) is 20.3 Å². The summed E-state index contributed by atoms with van der Waals surface area (Å²) in [5, 5.41) is 0. The van der Waals surface area contributed by atoms with Crippen molar-refractivity contribution in [1.82, 2.24) is 4.90 Å². The molecule has 0 aromatic heterocycles. The standard InChI is InChI=1S/C14H24ClNO/c15-10-4-3-9-14(17)16-11-5-7-12-6-1-2-8-13(12)16/h12-13H,1-11H2. The van der Waals surface area contributed by atoms with Gasteiger partial charge in [0, 0.05) is 24.9 Å². The van der Waals surface area contributed by atoms with Gasteiger partial charge in [-0.3, -0.25) is 4.79 Å². The van der Waals surface area contributed by atoms with Crippen LogP contribution in [0.1, 0.15) is 57.8 Å². The molecule has 2 aliphatic rings. The molecule has 2 rings (SSSR count). The van der Waals surface area contributed by atoms with Crippen molar-refractivity contribution in [2.24, 2.45) is 5.92 Å². The normalized spacial score (nSPS) is 28.9. The van der Waals surface area contributed by atoms with E-state index in [0.29, 0.717) is 24.2 Å². The third-order valence-electron chi connectivity index (χ3n) is 4.34. The van der Waals surface area contributed by atoms with Crippen molar-refractivity contribution >= 4 is 17.5 Å². The van der Waals surface area contributed by atoms with Crippen molar-refractivity contribution in [1.29, 1.82) is 0 Å². The lowest BCUT2D eigenvalue weighted by atomic mass is 9.78. The first kappa shape index (κ1) is 13.2. The fourth-order valence-corrected chi connectivity index (χ4v) is 3.64. The van der Waals surface area contributed by atoms with Crippen molar-refractivity contribution in [3.8, 4) is 0 Å². The fraction of sp³-hybridized carbons (Fsp3) is 0.929. The van der Waals surface area contributed by atoms with Gasteiger partial charge in [-0.05, 0) is 44.4 Å². The first-order valence-electron chi connectivity index (χ1n) is 7.18. The lowest BCUT2D eigenvalue weighted by molar-refractivity contribution is -0.137. The van der Waals surface area contributed by atoms with Crippen LogP contribution in [0.4, 0.5) is 0 Å². The summed E-state index contributed by atoms with van der Waals surface area (Å²) < 4.78 is 0. The maximum absolute atomic E-state index is 12.2. The number of likely N-dealkylation sites (tertiary alicyclic amines) is 1. The third kappa shape index (κ3) is 3.37. The number of hydrogen-bond donors (Lipinski definition) is 0. The number of nitrogens with zero attached hydrogens (tertiary/aromatic N) is 1. The summed E-state index contributed by atoms with van der Waals surface area (Å²) in [5.74, 6) is 1.86. The monoisotopic (exact) mass is 257 g/mol. The molecule has 0 N–H and O–H groups in total. The van der Waals surface area contributed by atoms with E-state index in [0.717, 1.165) is 25.3 Å². The molecule has 2 nitrogen and oxygen atoms in total. The zero-order chi connectivity index (χ0) is 12.1. The van der Waals surface area contributed by atoms with Crippen LogP contribution in [0.2, 0.25) is 0 Å². The molecule has 2 unspecified atom stereocenters. The molecule has 0 radical (unpaired) electrons. The summed E-state index contributed by atoms with van der Waals surface area (Å²) in [5.41, 5.74) is 0. The van der Waals surface area contributed by atoms with Crippen LogP contribution >= 0.6 is 11.6 Å². The highest BCUT2D eigenvalue weighted by Crippen LogP contribution is 2.35. The van der Waals surface area contributed by atoms with Crippen LogP contribution < -0.4 is 0 Å². The van der Waals surface area contributed by atoms with E-state index in [9.17, 15) is 4.79 Å². The van der Waals surface area contributed by atoms with Crippen LogP contribution in [0.5, 0.6) is 0 Å². The maximum Gasteiger partial charge on any atom is 0.222 e. The summed E-state index contributed by atoms with van der Waals surface area (Å²) in [6.45, 7) is 1.00. The second kappa shape index (κ2) is 6.63. The number of carbonyl (C=O) groups is 1. The molecule has 1 saturated carbocycles. The zero-order valence-electron chi connectivity index (χ0n) is 10.7. The molecule has 3 heteroatoms. The lowest BCUT2D eigenvalue weighted by Gasteiger charge is -2.44. The van der Waals surface area contributed by atoms with Crippen molar-refractivity contribution in [2.45, 2.75) is 63.8 Å². The Morgan fingerprint density at radius 3 is 2.71 bits per heavy atom. The van der Waals surface area contributed by atoms with Crippen molar-refractivity contribution < 1.29 is 4.79 Å². The van der Waals surface area contributed by atoms with Crippen LogP contribution in [-0.4, -0.2) is 29.3 Å².